The quantitative estimate of drug-likeness (QED) is 0.413. The fourth-order valence-corrected chi connectivity index (χ4v) is 0.554. The molecule has 0 aromatic heterocycles. The summed E-state index contributed by atoms with van der Waals surface area (Å²) in [5, 5.41) is 0. The highest BCUT2D eigenvalue weighted by molar-refractivity contribution is 5.74. The number of methoxy groups -OCH3 is 1. The standard InChI is InChI=1S/C6H10O3/c1-8-4-9-6(7)5-2-3-5/h5H,2-4H2,1H3. The number of hydrogen-bond acceptors (Lipinski definition) is 3. The van der Waals surface area contributed by atoms with Gasteiger partial charge in [-0.15, -0.1) is 0 Å². The molecule has 3 heteroatoms. The minimum Gasteiger partial charge on any atom is -0.438 e. The Morgan fingerprint density at radius 2 is 2.33 bits per heavy atom. The van der Waals surface area contributed by atoms with E-state index in [0.29, 0.717) is 0 Å². The minimum atomic E-state index is -0.114. The van der Waals surface area contributed by atoms with Gasteiger partial charge in [0, 0.05) is 7.11 Å². The maximum atomic E-state index is 10.7. The summed E-state index contributed by atoms with van der Waals surface area (Å²) in [4.78, 5) is 10.7. The summed E-state index contributed by atoms with van der Waals surface area (Å²) in [5.74, 6) is 0.0667. The normalized spacial score (nSPS) is 17.4. The van der Waals surface area contributed by atoms with Crippen LogP contribution in [0.3, 0.4) is 0 Å². The van der Waals surface area contributed by atoms with Crippen LogP contribution in [0, 0.1) is 5.92 Å². The van der Waals surface area contributed by atoms with Gasteiger partial charge >= 0.3 is 5.97 Å². The van der Waals surface area contributed by atoms with E-state index in [1.807, 2.05) is 0 Å². The second-order valence-corrected chi connectivity index (χ2v) is 2.14. The highest BCUT2D eigenvalue weighted by Crippen LogP contribution is 2.29. The molecule has 1 fully saturated rings. The zero-order valence-corrected chi connectivity index (χ0v) is 5.42. The second kappa shape index (κ2) is 2.82. The zero-order valence-electron chi connectivity index (χ0n) is 5.42. The third-order valence-electron chi connectivity index (χ3n) is 1.23. The van der Waals surface area contributed by atoms with Gasteiger partial charge in [0.15, 0.2) is 6.79 Å². The van der Waals surface area contributed by atoms with Gasteiger partial charge in [0.25, 0.3) is 0 Å². The molecule has 0 saturated heterocycles. The first kappa shape index (κ1) is 6.55. The van der Waals surface area contributed by atoms with Crippen LogP contribution in [0.1, 0.15) is 12.8 Å². The molecule has 1 rings (SSSR count). The largest absolute Gasteiger partial charge is 0.438 e. The van der Waals surface area contributed by atoms with Gasteiger partial charge in [0.05, 0.1) is 5.92 Å². The van der Waals surface area contributed by atoms with E-state index in [1.54, 1.807) is 0 Å². The molecular weight excluding hydrogens is 120 g/mol. The number of ether oxygens (including phenoxy) is 2. The van der Waals surface area contributed by atoms with Crippen LogP contribution in [0.2, 0.25) is 0 Å². The minimum absolute atomic E-state index is 0.0926. The highest BCUT2D eigenvalue weighted by Gasteiger charge is 2.30. The van der Waals surface area contributed by atoms with E-state index in [0.717, 1.165) is 12.8 Å². The Morgan fingerprint density at radius 3 is 2.78 bits per heavy atom. The molecular formula is C6H10O3. The van der Waals surface area contributed by atoms with Gasteiger partial charge in [-0.1, -0.05) is 0 Å². The maximum Gasteiger partial charge on any atom is 0.311 e. The van der Waals surface area contributed by atoms with Gasteiger partial charge < -0.3 is 9.47 Å². The molecule has 3 nitrogen and oxygen atoms in total. The second-order valence-electron chi connectivity index (χ2n) is 2.14. The van der Waals surface area contributed by atoms with E-state index in [9.17, 15) is 4.79 Å². The molecule has 0 amide bonds. The van der Waals surface area contributed by atoms with Gasteiger partial charge in [-0.3, -0.25) is 4.79 Å². The van der Waals surface area contributed by atoms with Crippen molar-refractivity contribution in [1.29, 1.82) is 0 Å². The smallest absolute Gasteiger partial charge is 0.311 e. The van der Waals surface area contributed by atoms with E-state index >= 15 is 0 Å². The fourth-order valence-electron chi connectivity index (χ4n) is 0.554. The van der Waals surface area contributed by atoms with Crippen molar-refractivity contribution >= 4 is 5.97 Å². The number of carbonyl (C=O) groups is 1. The predicted molar refractivity (Wildman–Crippen MR) is 30.7 cm³/mol. The summed E-state index contributed by atoms with van der Waals surface area (Å²) < 4.78 is 9.20. The summed E-state index contributed by atoms with van der Waals surface area (Å²) in [6.45, 7) is 0.0926. The molecule has 0 heterocycles. The molecule has 1 aliphatic rings. The third kappa shape index (κ3) is 2.01. The Balaban J connectivity index is 2.03. The molecule has 1 saturated carbocycles. The van der Waals surface area contributed by atoms with Crippen LogP contribution >= 0.6 is 0 Å². The lowest BCUT2D eigenvalue weighted by Gasteiger charge is -1.99. The molecule has 1 aliphatic carbocycles. The molecule has 0 aromatic rings. The Labute approximate surface area is 53.9 Å². The number of hydrogen-bond donors (Lipinski definition) is 0. The number of esters is 1. The molecule has 0 aromatic carbocycles. The molecule has 0 atom stereocenters. The van der Waals surface area contributed by atoms with Crippen LogP contribution in [-0.4, -0.2) is 19.9 Å². The van der Waals surface area contributed by atoms with Crippen molar-refractivity contribution < 1.29 is 14.3 Å². The first-order valence-corrected chi connectivity index (χ1v) is 3.00. The summed E-state index contributed by atoms with van der Waals surface area (Å²) in [6, 6.07) is 0. The predicted octanol–water partition coefficient (Wildman–Crippen LogP) is 0.544. The zero-order chi connectivity index (χ0) is 6.69. The van der Waals surface area contributed by atoms with E-state index < -0.39 is 0 Å². The number of rotatable bonds is 3. The Hall–Kier alpha value is -0.570. The molecule has 0 radical (unpaired) electrons. The molecule has 52 valence electrons. The Morgan fingerprint density at radius 1 is 1.67 bits per heavy atom. The summed E-state index contributed by atoms with van der Waals surface area (Å²) in [7, 11) is 1.50. The van der Waals surface area contributed by atoms with Gasteiger partial charge in [-0.2, -0.15) is 0 Å². The van der Waals surface area contributed by atoms with Gasteiger partial charge in [-0.05, 0) is 12.8 Å². The molecule has 9 heavy (non-hydrogen) atoms. The van der Waals surface area contributed by atoms with Gasteiger partial charge in [0.1, 0.15) is 0 Å². The molecule has 0 unspecified atom stereocenters. The lowest BCUT2D eigenvalue weighted by atomic mass is 10.4. The summed E-state index contributed by atoms with van der Waals surface area (Å²) >= 11 is 0. The van der Waals surface area contributed by atoms with Crippen molar-refractivity contribution in [2.24, 2.45) is 5.92 Å². The highest BCUT2D eigenvalue weighted by atomic mass is 16.7. The maximum absolute atomic E-state index is 10.7. The van der Waals surface area contributed by atoms with Crippen LogP contribution in [-0.2, 0) is 14.3 Å². The van der Waals surface area contributed by atoms with Crippen LogP contribution in [0.15, 0.2) is 0 Å². The van der Waals surface area contributed by atoms with Crippen LogP contribution in [0.4, 0.5) is 0 Å². The molecule has 0 N–H and O–H groups in total. The topological polar surface area (TPSA) is 35.5 Å². The monoisotopic (exact) mass is 130 g/mol. The SMILES string of the molecule is COCOC(=O)C1CC1. The lowest BCUT2D eigenvalue weighted by Crippen LogP contribution is -2.08. The van der Waals surface area contributed by atoms with Crippen LogP contribution in [0.25, 0.3) is 0 Å². The van der Waals surface area contributed by atoms with Crippen molar-refractivity contribution in [3.8, 4) is 0 Å². The average molecular weight is 130 g/mol. The third-order valence-corrected chi connectivity index (χ3v) is 1.23. The van der Waals surface area contributed by atoms with E-state index in [1.165, 1.54) is 7.11 Å². The fraction of sp³-hybridized carbons (Fsp3) is 0.833. The summed E-state index contributed by atoms with van der Waals surface area (Å²) in [5.41, 5.74) is 0. The van der Waals surface area contributed by atoms with Gasteiger partial charge in [0.2, 0.25) is 0 Å². The van der Waals surface area contributed by atoms with Crippen molar-refractivity contribution in [1.82, 2.24) is 0 Å². The van der Waals surface area contributed by atoms with Crippen molar-refractivity contribution in [2.45, 2.75) is 12.8 Å². The van der Waals surface area contributed by atoms with Crippen molar-refractivity contribution in [2.75, 3.05) is 13.9 Å². The van der Waals surface area contributed by atoms with E-state index in [2.05, 4.69) is 9.47 Å². The first-order chi connectivity index (χ1) is 4.34. The Kier molecular flexibility index (Phi) is 2.05. The first-order valence-electron chi connectivity index (χ1n) is 3.00. The number of carbonyl (C=O) groups excluding carboxylic acids is 1. The van der Waals surface area contributed by atoms with Crippen LogP contribution in [0.5, 0.6) is 0 Å². The van der Waals surface area contributed by atoms with Crippen molar-refractivity contribution in [3.63, 3.8) is 0 Å². The van der Waals surface area contributed by atoms with Crippen molar-refractivity contribution in [3.05, 3.63) is 0 Å². The van der Waals surface area contributed by atoms with Gasteiger partial charge in [-0.25, -0.2) is 0 Å². The summed E-state index contributed by atoms with van der Waals surface area (Å²) in [6.07, 6.45) is 1.98. The lowest BCUT2D eigenvalue weighted by molar-refractivity contribution is -0.155. The van der Waals surface area contributed by atoms with Crippen LogP contribution < -0.4 is 0 Å². The molecule has 0 aliphatic heterocycles. The molecule has 0 bridgehead atoms. The Bertz CT molecular complexity index is 107. The molecule has 0 spiro atoms. The van der Waals surface area contributed by atoms with E-state index in [4.69, 9.17) is 0 Å². The average Bonchev–Trinajstić information content (AvgIpc) is 2.63. The van der Waals surface area contributed by atoms with E-state index in [-0.39, 0.29) is 18.7 Å².